The van der Waals surface area contributed by atoms with E-state index in [0.29, 0.717) is 26.1 Å². The molecule has 1 spiro atoms. The molecule has 2 saturated heterocycles. The van der Waals surface area contributed by atoms with Gasteiger partial charge in [0.2, 0.25) is 11.8 Å². The summed E-state index contributed by atoms with van der Waals surface area (Å²) in [5, 5.41) is 0. The summed E-state index contributed by atoms with van der Waals surface area (Å²) in [5.74, 6) is 0.372. The minimum Gasteiger partial charge on any atom is -0.384 e. The highest BCUT2D eigenvalue weighted by molar-refractivity contribution is 5.86. The van der Waals surface area contributed by atoms with Gasteiger partial charge in [0.15, 0.2) is 0 Å². The summed E-state index contributed by atoms with van der Waals surface area (Å²) in [5.41, 5.74) is 0.982. The Bertz CT molecular complexity index is 619. The molecule has 5 heteroatoms. The van der Waals surface area contributed by atoms with E-state index in [2.05, 4.69) is 24.3 Å². The van der Waals surface area contributed by atoms with Gasteiger partial charge in [-0.15, -0.1) is 0 Å². The van der Waals surface area contributed by atoms with Crippen molar-refractivity contribution < 1.29 is 14.3 Å². The first-order valence-corrected chi connectivity index (χ1v) is 9.75. The second kappa shape index (κ2) is 8.67. The Labute approximate surface area is 156 Å². The fourth-order valence-corrected chi connectivity index (χ4v) is 4.30. The van der Waals surface area contributed by atoms with Crippen molar-refractivity contribution in [2.45, 2.75) is 38.5 Å². The predicted octanol–water partition coefficient (Wildman–Crippen LogP) is 2.50. The Morgan fingerprint density at radius 1 is 1.19 bits per heavy atom. The molecule has 2 aliphatic rings. The monoisotopic (exact) mass is 358 g/mol. The highest BCUT2D eigenvalue weighted by Gasteiger charge is 2.49. The zero-order valence-corrected chi connectivity index (χ0v) is 15.8. The van der Waals surface area contributed by atoms with E-state index in [1.807, 2.05) is 15.9 Å². The third-order valence-electron chi connectivity index (χ3n) is 5.79. The molecule has 0 aromatic heterocycles. The van der Waals surface area contributed by atoms with Crippen LogP contribution >= 0.6 is 0 Å². The quantitative estimate of drug-likeness (QED) is 0.752. The van der Waals surface area contributed by atoms with E-state index in [0.717, 1.165) is 45.2 Å². The first kappa shape index (κ1) is 18.9. The standard InChI is InChI=1S/C21H30N2O3/c1-26-16-10-19(24)23-15-12-21(17-23)11-6-14-22(20(21)25)13-5-9-18-7-3-2-4-8-18/h2-4,7-8H,5-6,9-17H2,1H3/t21-/m1/s1. The number of carbonyl (C=O) groups is 2. The van der Waals surface area contributed by atoms with Crippen LogP contribution in [0.1, 0.15) is 37.7 Å². The van der Waals surface area contributed by atoms with E-state index in [1.54, 1.807) is 7.11 Å². The van der Waals surface area contributed by atoms with Crippen molar-refractivity contribution >= 4 is 11.8 Å². The zero-order valence-electron chi connectivity index (χ0n) is 15.8. The second-order valence-electron chi connectivity index (χ2n) is 7.57. The number of hydrogen-bond acceptors (Lipinski definition) is 3. The maximum atomic E-state index is 13.1. The van der Waals surface area contributed by atoms with Gasteiger partial charge in [0.1, 0.15) is 0 Å². The van der Waals surface area contributed by atoms with Gasteiger partial charge in [0.25, 0.3) is 0 Å². The molecular formula is C21H30N2O3. The van der Waals surface area contributed by atoms with E-state index < -0.39 is 0 Å². The molecule has 1 atom stereocenters. The summed E-state index contributed by atoms with van der Waals surface area (Å²) in [4.78, 5) is 29.3. The lowest BCUT2D eigenvalue weighted by atomic mass is 9.78. The molecule has 2 amide bonds. The largest absolute Gasteiger partial charge is 0.384 e. The Balaban J connectivity index is 1.53. The summed E-state index contributed by atoms with van der Waals surface area (Å²) in [7, 11) is 1.61. The average Bonchev–Trinajstić information content (AvgIpc) is 3.09. The van der Waals surface area contributed by atoms with Gasteiger partial charge in [0.05, 0.1) is 18.4 Å². The van der Waals surface area contributed by atoms with Crippen LogP contribution in [0.3, 0.4) is 0 Å². The molecule has 0 radical (unpaired) electrons. The van der Waals surface area contributed by atoms with Crippen LogP contribution < -0.4 is 0 Å². The van der Waals surface area contributed by atoms with Gasteiger partial charge in [-0.3, -0.25) is 9.59 Å². The van der Waals surface area contributed by atoms with Crippen LogP contribution in [0.4, 0.5) is 0 Å². The maximum Gasteiger partial charge on any atom is 0.230 e. The highest BCUT2D eigenvalue weighted by Crippen LogP contribution is 2.40. The van der Waals surface area contributed by atoms with Crippen molar-refractivity contribution in [3.63, 3.8) is 0 Å². The first-order chi connectivity index (χ1) is 12.6. The van der Waals surface area contributed by atoms with Gasteiger partial charge >= 0.3 is 0 Å². The Kier molecular flexibility index (Phi) is 6.30. The molecule has 1 aromatic carbocycles. The fraction of sp³-hybridized carbons (Fsp3) is 0.619. The van der Waals surface area contributed by atoms with Crippen molar-refractivity contribution in [1.29, 1.82) is 0 Å². The first-order valence-electron chi connectivity index (χ1n) is 9.75. The molecule has 0 N–H and O–H groups in total. The number of carbonyl (C=O) groups excluding carboxylic acids is 2. The molecule has 26 heavy (non-hydrogen) atoms. The van der Waals surface area contributed by atoms with E-state index in [1.165, 1.54) is 5.56 Å². The number of nitrogens with zero attached hydrogens (tertiary/aromatic N) is 2. The number of amides is 2. The number of ether oxygens (including phenoxy) is 1. The Morgan fingerprint density at radius 3 is 2.77 bits per heavy atom. The number of benzene rings is 1. The van der Waals surface area contributed by atoms with Crippen molar-refractivity contribution in [3.8, 4) is 0 Å². The molecule has 5 nitrogen and oxygen atoms in total. The molecule has 2 aliphatic heterocycles. The van der Waals surface area contributed by atoms with Crippen LogP contribution in [0.2, 0.25) is 0 Å². The van der Waals surface area contributed by atoms with Crippen molar-refractivity contribution in [2.75, 3.05) is 39.9 Å². The smallest absolute Gasteiger partial charge is 0.230 e. The van der Waals surface area contributed by atoms with E-state index in [9.17, 15) is 9.59 Å². The van der Waals surface area contributed by atoms with E-state index >= 15 is 0 Å². The van der Waals surface area contributed by atoms with Gasteiger partial charge < -0.3 is 14.5 Å². The SMILES string of the molecule is COCCC(=O)N1CC[C@]2(CCCN(CCCc3ccccc3)C2=O)C1. The Hall–Kier alpha value is -1.88. The molecular weight excluding hydrogens is 328 g/mol. The summed E-state index contributed by atoms with van der Waals surface area (Å²) < 4.78 is 5.01. The molecule has 3 rings (SSSR count). The number of likely N-dealkylation sites (tertiary alicyclic amines) is 2. The van der Waals surface area contributed by atoms with Crippen molar-refractivity contribution in [1.82, 2.24) is 9.80 Å². The van der Waals surface area contributed by atoms with Gasteiger partial charge in [-0.2, -0.15) is 0 Å². The summed E-state index contributed by atoms with van der Waals surface area (Å²) in [6.07, 6.45) is 5.15. The minimum atomic E-state index is -0.340. The number of aryl methyl sites for hydroxylation is 1. The van der Waals surface area contributed by atoms with E-state index in [-0.39, 0.29) is 17.2 Å². The van der Waals surface area contributed by atoms with Crippen LogP contribution in [0.15, 0.2) is 30.3 Å². The highest BCUT2D eigenvalue weighted by atomic mass is 16.5. The molecule has 142 valence electrons. The van der Waals surface area contributed by atoms with Crippen LogP contribution in [-0.2, 0) is 20.7 Å². The maximum absolute atomic E-state index is 13.1. The third-order valence-corrected chi connectivity index (χ3v) is 5.79. The lowest BCUT2D eigenvalue weighted by molar-refractivity contribution is -0.146. The Morgan fingerprint density at radius 2 is 2.00 bits per heavy atom. The molecule has 1 aromatic rings. The number of piperidine rings is 1. The van der Waals surface area contributed by atoms with Crippen LogP contribution in [-0.4, -0.2) is 61.5 Å². The second-order valence-corrected chi connectivity index (χ2v) is 7.57. The van der Waals surface area contributed by atoms with E-state index in [4.69, 9.17) is 4.74 Å². The molecule has 0 unspecified atom stereocenters. The van der Waals surface area contributed by atoms with Crippen LogP contribution in [0.25, 0.3) is 0 Å². The lowest BCUT2D eigenvalue weighted by Gasteiger charge is -2.39. The molecule has 0 aliphatic carbocycles. The van der Waals surface area contributed by atoms with Gasteiger partial charge in [-0.25, -0.2) is 0 Å². The average molecular weight is 358 g/mol. The van der Waals surface area contributed by atoms with Crippen LogP contribution in [0, 0.1) is 5.41 Å². The number of rotatable bonds is 7. The molecule has 0 bridgehead atoms. The van der Waals surface area contributed by atoms with Crippen molar-refractivity contribution in [2.24, 2.45) is 5.41 Å². The molecule has 2 fully saturated rings. The normalized spacial score (nSPS) is 23.0. The number of methoxy groups -OCH3 is 1. The minimum absolute atomic E-state index is 0.109. The van der Waals surface area contributed by atoms with Gasteiger partial charge in [-0.05, 0) is 37.7 Å². The van der Waals surface area contributed by atoms with Gasteiger partial charge in [-0.1, -0.05) is 30.3 Å². The summed E-state index contributed by atoms with van der Waals surface area (Å²) >= 11 is 0. The topological polar surface area (TPSA) is 49.9 Å². The summed E-state index contributed by atoms with van der Waals surface area (Å²) in [6, 6.07) is 10.4. The molecule has 0 saturated carbocycles. The van der Waals surface area contributed by atoms with Gasteiger partial charge in [0, 0.05) is 33.3 Å². The number of hydrogen-bond donors (Lipinski definition) is 0. The zero-order chi connectivity index (χ0) is 18.4. The predicted molar refractivity (Wildman–Crippen MR) is 101 cm³/mol. The van der Waals surface area contributed by atoms with Crippen LogP contribution in [0.5, 0.6) is 0 Å². The third kappa shape index (κ3) is 4.26. The fourth-order valence-electron chi connectivity index (χ4n) is 4.30. The summed E-state index contributed by atoms with van der Waals surface area (Å²) in [6.45, 7) is 3.40. The van der Waals surface area contributed by atoms with Crippen molar-refractivity contribution in [3.05, 3.63) is 35.9 Å². The lowest BCUT2D eigenvalue weighted by Crippen LogP contribution is -2.50. The molecule has 2 heterocycles.